The van der Waals surface area contributed by atoms with Crippen molar-refractivity contribution in [1.29, 1.82) is 0 Å². The van der Waals surface area contributed by atoms with E-state index in [1.54, 1.807) is 31.1 Å². The second-order valence-corrected chi connectivity index (χ2v) is 10.2. The van der Waals surface area contributed by atoms with Crippen LogP contribution in [0.5, 0.6) is 5.88 Å². The van der Waals surface area contributed by atoms with Crippen molar-refractivity contribution in [3.8, 4) is 5.88 Å². The number of carbonyl (C=O) groups excluding carboxylic acids is 2. The summed E-state index contributed by atoms with van der Waals surface area (Å²) >= 11 is 0. The lowest BCUT2D eigenvalue weighted by Crippen LogP contribution is -2.50. The summed E-state index contributed by atoms with van der Waals surface area (Å²) in [5, 5.41) is 12.4. The lowest BCUT2D eigenvalue weighted by atomic mass is 9.99. The fourth-order valence-corrected chi connectivity index (χ4v) is 4.74. The van der Waals surface area contributed by atoms with Crippen LogP contribution >= 0.6 is 0 Å². The number of aliphatic hydroxyl groups is 1. The minimum Gasteiger partial charge on any atom is -0.472 e. The Kier molecular flexibility index (Phi) is 8.48. The van der Waals surface area contributed by atoms with Gasteiger partial charge in [0.05, 0.1) is 24.8 Å². The number of carbonyl (C=O) groups is 2. The maximum Gasteiger partial charge on any atom is 0.416 e. The molecule has 2 N–H and O–H groups in total. The molecule has 39 heavy (non-hydrogen) atoms. The Morgan fingerprint density at radius 2 is 2.03 bits per heavy atom. The summed E-state index contributed by atoms with van der Waals surface area (Å²) in [6, 6.07) is 5.01. The number of nitrogens with zero attached hydrogens (tertiary/aromatic N) is 3. The fourth-order valence-electron chi connectivity index (χ4n) is 4.74. The van der Waals surface area contributed by atoms with E-state index in [0.29, 0.717) is 5.56 Å². The Labute approximate surface area is 225 Å². The average molecular weight is 547 g/mol. The first kappa shape index (κ1) is 28.4. The van der Waals surface area contributed by atoms with Gasteiger partial charge in [-0.1, -0.05) is 13.0 Å². The monoisotopic (exact) mass is 546 g/mol. The molecule has 1 aromatic heterocycles. The molecule has 2 heterocycles. The van der Waals surface area contributed by atoms with Gasteiger partial charge in [-0.2, -0.15) is 13.2 Å². The van der Waals surface area contributed by atoms with E-state index in [1.165, 1.54) is 17.0 Å². The second-order valence-electron chi connectivity index (χ2n) is 10.2. The van der Waals surface area contributed by atoms with Gasteiger partial charge in [0.2, 0.25) is 5.88 Å². The smallest absolute Gasteiger partial charge is 0.416 e. The summed E-state index contributed by atoms with van der Waals surface area (Å²) in [7, 11) is 1.55. The van der Waals surface area contributed by atoms with E-state index in [-0.39, 0.29) is 43.1 Å². The van der Waals surface area contributed by atoms with Crippen LogP contribution in [0.25, 0.3) is 5.57 Å². The molecular weight excluding hydrogens is 513 g/mol. The quantitative estimate of drug-likeness (QED) is 0.529. The molecule has 0 saturated heterocycles. The Bertz CT molecular complexity index is 1230. The van der Waals surface area contributed by atoms with Crippen molar-refractivity contribution in [2.45, 2.75) is 51.4 Å². The van der Waals surface area contributed by atoms with Gasteiger partial charge in [0, 0.05) is 31.4 Å². The number of rotatable bonds is 6. The molecule has 1 aliphatic carbocycles. The number of aliphatic hydroxyl groups excluding tert-OH is 1. The number of pyridine rings is 1. The molecule has 0 spiro atoms. The number of amides is 3. The van der Waals surface area contributed by atoms with Crippen LogP contribution in [0.1, 0.15) is 54.6 Å². The Balaban J connectivity index is 1.55. The fraction of sp³-hybridized carbons (Fsp3) is 0.464. The van der Waals surface area contributed by atoms with Crippen LogP contribution in [0.3, 0.4) is 0 Å². The minimum atomic E-state index is -4.47. The van der Waals surface area contributed by atoms with Gasteiger partial charge >= 0.3 is 12.2 Å². The summed E-state index contributed by atoms with van der Waals surface area (Å²) in [5.74, 6) is -0.361. The van der Waals surface area contributed by atoms with Gasteiger partial charge in [0.15, 0.2) is 0 Å². The molecule has 11 heteroatoms. The number of benzene rings is 1. The third-order valence-corrected chi connectivity index (χ3v) is 7.20. The van der Waals surface area contributed by atoms with Gasteiger partial charge in [0.25, 0.3) is 5.91 Å². The van der Waals surface area contributed by atoms with Crippen molar-refractivity contribution < 1.29 is 32.6 Å². The summed E-state index contributed by atoms with van der Waals surface area (Å²) in [4.78, 5) is 33.9. The molecule has 0 saturated carbocycles. The molecule has 2 aliphatic rings. The zero-order valence-electron chi connectivity index (χ0n) is 22.2. The number of fused-ring (bicyclic) bond motifs is 1. The van der Waals surface area contributed by atoms with Crippen LogP contribution in [0.15, 0.2) is 42.6 Å². The second kappa shape index (κ2) is 11.6. The predicted molar refractivity (Wildman–Crippen MR) is 140 cm³/mol. The highest BCUT2D eigenvalue weighted by Gasteiger charge is 2.35. The molecule has 8 nitrogen and oxygen atoms in total. The van der Waals surface area contributed by atoms with E-state index in [9.17, 15) is 27.9 Å². The van der Waals surface area contributed by atoms with Crippen molar-refractivity contribution in [2.24, 2.45) is 5.92 Å². The van der Waals surface area contributed by atoms with Gasteiger partial charge in [-0.25, -0.2) is 9.78 Å². The summed E-state index contributed by atoms with van der Waals surface area (Å²) in [5.41, 5.74) is 1.71. The van der Waals surface area contributed by atoms with Crippen LogP contribution in [-0.4, -0.2) is 70.7 Å². The number of likely N-dealkylation sites (N-methyl/N-ethyl adjacent to an activating group) is 1. The molecule has 0 fully saturated rings. The number of hydrogen-bond acceptors (Lipinski definition) is 5. The zero-order valence-corrected chi connectivity index (χ0v) is 22.2. The number of alkyl halides is 3. The molecule has 1 aromatic carbocycles. The number of ether oxygens (including phenoxy) is 1. The van der Waals surface area contributed by atoms with Crippen LogP contribution < -0.4 is 10.1 Å². The van der Waals surface area contributed by atoms with E-state index in [1.807, 2.05) is 6.92 Å². The average Bonchev–Trinajstić information content (AvgIpc) is 3.45. The van der Waals surface area contributed by atoms with E-state index < -0.39 is 29.9 Å². The van der Waals surface area contributed by atoms with Gasteiger partial charge in [-0.05, 0) is 67.7 Å². The Morgan fingerprint density at radius 1 is 1.31 bits per heavy atom. The zero-order chi connectivity index (χ0) is 28.3. The number of aromatic nitrogens is 1. The lowest BCUT2D eigenvalue weighted by molar-refractivity contribution is -0.137. The highest BCUT2D eigenvalue weighted by Crippen LogP contribution is 2.33. The van der Waals surface area contributed by atoms with Crippen LogP contribution in [0.2, 0.25) is 0 Å². The summed E-state index contributed by atoms with van der Waals surface area (Å²) < 4.78 is 44.8. The predicted octanol–water partition coefficient (Wildman–Crippen LogP) is 5.05. The summed E-state index contributed by atoms with van der Waals surface area (Å²) in [6.07, 6.45) is 1.74. The number of urea groups is 1. The Morgan fingerprint density at radius 3 is 2.64 bits per heavy atom. The molecule has 0 unspecified atom stereocenters. The molecule has 2 aromatic rings. The molecular formula is C28H33F3N4O4. The number of halogens is 3. The van der Waals surface area contributed by atoms with Crippen LogP contribution in [0.4, 0.5) is 23.7 Å². The Hall–Kier alpha value is -3.60. The molecule has 4 rings (SSSR count). The summed E-state index contributed by atoms with van der Waals surface area (Å²) in [6.45, 7) is 3.84. The van der Waals surface area contributed by atoms with Crippen molar-refractivity contribution in [3.05, 3.63) is 59.3 Å². The third kappa shape index (κ3) is 6.52. The largest absolute Gasteiger partial charge is 0.472 e. The molecule has 3 atom stereocenters. The molecule has 1 aliphatic heterocycles. The molecule has 0 bridgehead atoms. The van der Waals surface area contributed by atoms with E-state index in [0.717, 1.165) is 42.5 Å². The molecule has 0 radical (unpaired) electrons. The van der Waals surface area contributed by atoms with E-state index in [2.05, 4.69) is 16.4 Å². The highest BCUT2D eigenvalue weighted by molar-refractivity contribution is 5.97. The lowest BCUT2D eigenvalue weighted by Gasteiger charge is -2.37. The first-order chi connectivity index (χ1) is 18.5. The maximum absolute atomic E-state index is 13.6. The van der Waals surface area contributed by atoms with E-state index >= 15 is 0 Å². The SMILES string of the molecule is C[C@H]1CN([C@@H](C)CO)C(=O)c2cc(C3=CCCC3)cnc2O[C@H]1CN(C)C(=O)Nc1ccc(C(F)(F)F)cc1. The molecule has 210 valence electrons. The van der Waals surface area contributed by atoms with Gasteiger partial charge < -0.3 is 25.0 Å². The number of allylic oxidation sites excluding steroid dienone is 2. The van der Waals surface area contributed by atoms with Crippen molar-refractivity contribution >= 4 is 23.2 Å². The molecule has 3 amide bonds. The minimum absolute atomic E-state index is 0.122. The maximum atomic E-state index is 13.6. The van der Waals surface area contributed by atoms with Crippen LogP contribution in [0, 0.1) is 5.92 Å². The number of anilines is 1. The van der Waals surface area contributed by atoms with Crippen molar-refractivity contribution in [2.75, 3.05) is 32.1 Å². The number of nitrogens with one attached hydrogen (secondary N) is 1. The van der Waals surface area contributed by atoms with Gasteiger partial charge in [-0.15, -0.1) is 0 Å². The van der Waals surface area contributed by atoms with Crippen LogP contribution in [-0.2, 0) is 6.18 Å². The standard InChI is InChI=1S/C28H33F3N4O4/c1-17-14-35(18(2)16-36)26(37)23-12-20(19-6-4-5-7-19)13-32-25(23)39-24(17)15-34(3)27(38)33-22-10-8-21(9-11-22)28(29,30)31/h6,8-13,17-18,24,36H,4-5,7,14-16H2,1-3H3,(H,33,38)/t17-,18-,24-/m0/s1. The van der Waals surface area contributed by atoms with Crippen molar-refractivity contribution in [3.63, 3.8) is 0 Å². The third-order valence-electron chi connectivity index (χ3n) is 7.20. The van der Waals surface area contributed by atoms with Gasteiger partial charge in [0.1, 0.15) is 11.7 Å². The van der Waals surface area contributed by atoms with Gasteiger partial charge in [-0.3, -0.25) is 4.79 Å². The normalized spacial score (nSPS) is 20.3. The topological polar surface area (TPSA) is 95.0 Å². The van der Waals surface area contributed by atoms with E-state index in [4.69, 9.17) is 4.74 Å². The number of hydrogen-bond donors (Lipinski definition) is 2. The van der Waals surface area contributed by atoms with Crippen molar-refractivity contribution in [1.82, 2.24) is 14.8 Å². The first-order valence-electron chi connectivity index (χ1n) is 12.9. The first-order valence-corrected chi connectivity index (χ1v) is 12.9. The highest BCUT2D eigenvalue weighted by atomic mass is 19.4.